The minimum atomic E-state index is -0.533. The van der Waals surface area contributed by atoms with Gasteiger partial charge >= 0.3 is 0 Å². The zero-order valence-electron chi connectivity index (χ0n) is 13.7. The number of hydrogen-bond acceptors (Lipinski definition) is 4. The molecule has 0 aliphatic carbocycles. The number of benzene rings is 2. The number of hydrazone groups is 1. The van der Waals surface area contributed by atoms with Crippen LogP contribution in [0.5, 0.6) is 11.5 Å². The summed E-state index contributed by atoms with van der Waals surface area (Å²) in [7, 11) is 0. The van der Waals surface area contributed by atoms with Crippen molar-refractivity contribution in [3.63, 3.8) is 0 Å². The van der Waals surface area contributed by atoms with Crippen molar-refractivity contribution in [1.82, 2.24) is 5.43 Å². The highest BCUT2D eigenvalue weighted by Gasteiger charge is 2.11. The number of rotatable bonds is 5. The van der Waals surface area contributed by atoms with Gasteiger partial charge in [0.25, 0.3) is 5.91 Å². The number of aromatic hydroxyl groups is 1. The van der Waals surface area contributed by atoms with E-state index in [1.54, 1.807) is 6.92 Å². The van der Waals surface area contributed by atoms with E-state index in [1.165, 1.54) is 18.2 Å². The number of ether oxygens (including phenoxy) is 1. The van der Waals surface area contributed by atoms with E-state index in [1.807, 2.05) is 38.1 Å². The van der Waals surface area contributed by atoms with Crippen LogP contribution in [0.2, 0.25) is 5.02 Å². The van der Waals surface area contributed by atoms with Gasteiger partial charge in [0.15, 0.2) is 0 Å². The molecule has 0 saturated carbocycles. The number of phenolic OH excluding ortho intramolecular Hbond substituents is 1. The van der Waals surface area contributed by atoms with Crippen LogP contribution >= 0.6 is 11.6 Å². The van der Waals surface area contributed by atoms with Crippen LogP contribution in [0.4, 0.5) is 0 Å². The highest BCUT2D eigenvalue weighted by molar-refractivity contribution is 6.31. The third kappa shape index (κ3) is 4.73. The van der Waals surface area contributed by atoms with E-state index in [4.69, 9.17) is 16.3 Å². The second-order valence-electron chi connectivity index (χ2n) is 5.49. The maximum atomic E-state index is 12.1. The average Bonchev–Trinajstić information content (AvgIpc) is 2.54. The first-order valence-corrected chi connectivity index (χ1v) is 7.85. The molecule has 24 heavy (non-hydrogen) atoms. The normalized spacial score (nSPS) is 11.5. The molecule has 0 aliphatic rings. The van der Waals surface area contributed by atoms with E-state index in [0.717, 1.165) is 11.3 Å². The van der Waals surface area contributed by atoms with Crippen LogP contribution in [0.25, 0.3) is 0 Å². The smallest absolute Gasteiger partial charge is 0.275 e. The van der Waals surface area contributed by atoms with Crippen molar-refractivity contribution in [2.75, 3.05) is 0 Å². The number of carbonyl (C=O) groups excluding carboxylic acids is 1. The van der Waals surface area contributed by atoms with E-state index >= 15 is 0 Å². The average molecular weight is 347 g/mol. The van der Waals surface area contributed by atoms with E-state index in [0.29, 0.717) is 10.7 Å². The van der Waals surface area contributed by atoms with Crippen molar-refractivity contribution in [1.29, 1.82) is 0 Å². The predicted molar refractivity (Wildman–Crippen MR) is 95.0 cm³/mol. The van der Waals surface area contributed by atoms with Crippen LogP contribution in [0.15, 0.2) is 47.6 Å². The first-order valence-electron chi connectivity index (χ1n) is 7.47. The fourth-order valence-corrected chi connectivity index (χ4v) is 2.17. The molecule has 0 bridgehead atoms. The Balaban J connectivity index is 2.08. The topological polar surface area (TPSA) is 70.9 Å². The lowest BCUT2D eigenvalue weighted by molar-refractivity contribution is 0.0952. The van der Waals surface area contributed by atoms with Gasteiger partial charge in [-0.25, -0.2) is 5.43 Å². The van der Waals surface area contributed by atoms with Gasteiger partial charge in [0.2, 0.25) is 0 Å². The molecule has 2 N–H and O–H groups in total. The third-order valence-electron chi connectivity index (χ3n) is 3.17. The summed E-state index contributed by atoms with van der Waals surface area (Å²) in [5.74, 6) is 0.0866. The molecule has 0 spiro atoms. The standard InChI is InChI=1S/C18H19ClN2O3/c1-11(2)24-15-7-4-13(5-8-15)12(3)20-21-18(23)16-10-14(19)6-9-17(16)22/h4-11,22H,1-3H3,(H,21,23)/b20-12-. The van der Waals surface area contributed by atoms with Gasteiger partial charge in [-0.05, 0) is 68.8 Å². The van der Waals surface area contributed by atoms with Crippen LogP contribution < -0.4 is 10.2 Å². The molecule has 2 rings (SSSR count). The molecule has 1 amide bonds. The van der Waals surface area contributed by atoms with Gasteiger partial charge in [0, 0.05) is 5.02 Å². The van der Waals surface area contributed by atoms with Crippen LogP contribution in [0.1, 0.15) is 36.7 Å². The number of phenols is 1. The summed E-state index contributed by atoms with van der Waals surface area (Å²) in [6.07, 6.45) is 0.107. The summed E-state index contributed by atoms with van der Waals surface area (Å²) in [4.78, 5) is 12.1. The molecule has 0 aromatic heterocycles. The van der Waals surface area contributed by atoms with Crippen molar-refractivity contribution >= 4 is 23.2 Å². The van der Waals surface area contributed by atoms with E-state index in [9.17, 15) is 9.90 Å². The van der Waals surface area contributed by atoms with Crippen molar-refractivity contribution in [2.24, 2.45) is 5.10 Å². The maximum absolute atomic E-state index is 12.1. The van der Waals surface area contributed by atoms with Crippen LogP contribution in [0.3, 0.4) is 0 Å². The van der Waals surface area contributed by atoms with Gasteiger partial charge in [-0.15, -0.1) is 0 Å². The molecule has 0 radical (unpaired) electrons. The minimum absolute atomic E-state index is 0.0692. The van der Waals surface area contributed by atoms with Crippen molar-refractivity contribution in [3.05, 3.63) is 58.6 Å². The molecule has 0 atom stereocenters. The molecule has 0 aliphatic heterocycles. The van der Waals surface area contributed by atoms with E-state index < -0.39 is 5.91 Å². The molecule has 0 saturated heterocycles. The van der Waals surface area contributed by atoms with Gasteiger partial charge < -0.3 is 9.84 Å². The number of halogens is 1. The molecule has 2 aromatic carbocycles. The Labute approximate surface area is 145 Å². The summed E-state index contributed by atoms with van der Waals surface area (Å²) in [6, 6.07) is 11.7. The Morgan fingerprint density at radius 3 is 2.50 bits per heavy atom. The Kier molecular flexibility index (Phi) is 5.82. The Morgan fingerprint density at radius 1 is 1.21 bits per heavy atom. The van der Waals surface area contributed by atoms with Crippen LogP contribution in [0, 0.1) is 0 Å². The number of hydrogen-bond donors (Lipinski definition) is 2. The predicted octanol–water partition coefficient (Wildman–Crippen LogP) is 3.99. The summed E-state index contributed by atoms with van der Waals surface area (Å²) in [5, 5.41) is 14.1. The summed E-state index contributed by atoms with van der Waals surface area (Å²) < 4.78 is 5.58. The van der Waals surface area contributed by atoms with E-state index in [-0.39, 0.29) is 17.4 Å². The number of nitrogens with zero attached hydrogens (tertiary/aromatic N) is 1. The summed E-state index contributed by atoms with van der Waals surface area (Å²) in [6.45, 7) is 5.69. The summed E-state index contributed by atoms with van der Waals surface area (Å²) in [5.41, 5.74) is 3.96. The van der Waals surface area contributed by atoms with Gasteiger partial charge in [0.1, 0.15) is 11.5 Å². The second kappa shape index (κ2) is 7.84. The van der Waals surface area contributed by atoms with Gasteiger partial charge in [0.05, 0.1) is 17.4 Å². The zero-order chi connectivity index (χ0) is 17.7. The molecule has 0 heterocycles. The number of carbonyl (C=O) groups is 1. The third-order valence-corrected chi connectivity index (χ3v) is 3.41. The Hall–Kier alpha value is -2.53. The van der Waals surface area contributed by atoms with Crippen LogP contribution in [-0.2, 0) is 0 Å². The van der Waals surface area contributed by atoms with Gasteiger partial charge in [-0.1, -0.05) is 11.6 Å². The minimum Gasteiger partial charge on any atom is -0.507 e. The largest absolute Gasteiger partial charge is 0.507 e. The lowest BCUT2D eigenvalue weighted by Gasteiger charge is -2.10. The molecule has 6 heteroatoms. The SMILES string of the molecule is C/C(=N/NC(=O)c1cc(Cl)ccc1O)c1ccc(OC(C)C)cc1. The number of nitrogens with one attached hydrogen (secondary N) is 1. The molecule has 0 unspecified atom stereocenters. The Bertz CT molecular complexity index is 755. The number of amides is 1. The quantitative estimate of drug-likeness (QED) is 0.635. The second-order valence-corrected chi connectivity index (χ2v) is 5.93. The summed E-state index contributed by atoms with van der Waals surface area (Å²) >= 11 is 5.83. The molecule has 5 nitrogen and oxygen atoms in total. The van der Waals surface area contributed by atoms with Gasteiger partial charge in [-0.2, -0.15) is 5.10 Å². The van der Waals surface area contributed by atoms with Crippen LogP contribution in [-0.4, -0.2) is 22.8 Å². The van der Waals surface area contributed by atoms with Gasteiger partial charge in [-0.3, -0.25) is 4.79 Å². The van der Waals surface area contributed by atoms with Crippen molar-refractivity contribution in [3.8, 4) is 11.5 Å². The maximum Gasteiger partial charge on any atom is 0.275 e. The fourth-order valence-electron chi connectivity index (χ4n) is 2.00. The first-order chi connectivity index (χ1) is 11.4. The first kappa shape index (κ1) is 17.8. The highest BCUT2D eigenvalue weighted by atomic mass is 35.5. The zero-order valence-corrected chi connectivity index (χ0v) is 14.5. The molecule has 0 fully saturated rings. The lowest BCUT2D eigenvalue weighted by atomic mass is 10.1. The monoisotopic (exact) mass is 346 g/mol. The molecule has 126 valence electrons. The van der Waals surface area contributed by atoms with Crippen molar-refractivity contribution in [2.45, 2.75) is 26.9 Å². The lowest BCUT2D eigenvalue weighted by Crippen LogP contribution is -2.19. The molecular weight excluding hydrogens is 328 g/mol. The molecule has 2 aromatic rings. The Morgan fingerprint density at radius 2 is 1.88 bits per heavy atom. The van der Waals surface area contributed by atoms with E-state index in [2.05, 4.69) is 10.5 Å². The fraction of sp³-hybridized carbons (Fsp3) is 0.222. The highest BCUT2D eigenvalue weighted by Crippen LogP contribution is 2.21. The van der Waals surface area contributed by atoms with Crippen molar-refractivity contribution < 1.29 is 14.6 Å². The molecular formula is C18H19ClN2O3.